The molecule has 0 atom stereocenters. The molecular weight excluding hydrogens is 618 g/mol. The van der Waals surface area contributed by atoms with Gasteiger partial charge in [0.25, 0.3) is 11.7 Å². The topological polar surface area (TPSA) is 169 Å². The molecule has 0 aliphatic heterocycles. The SMILES string of the molecule is COc1c(NC(=O)c2ccc(C)c(N(N)/C=C(\N)c3c[nH]c(COCc4ccccc4)[n+]3C)c2)cc(C(C)(C)C)cc1NS(C)(=O)=O. The molecule has 0 spiro atoms. The number of aryl methyl sites for hydroxylation is 1. The van der Waals surface area contributed by atoms with Crippen molar-refractivity contribution in [1.82, 2.24) is 4.98 Å². The summed E-state index contributed by atoms with van der Waals surface area (Å²) in [7, 11) is -0.334. The number of aromatic amines is 1. The summed E-state index contributed by atoms with van der Waals surface area (Å²) in [6.45, 7) is 8.67. The predicted octanol–water partition coefficient (Wildman–Crippen LogP) is 4.43. The summed E-state index contributed by atoms with van der Waals surface area (Å²) in [5.74, 6) is 7.03. The molecule has 4 aromatic rings. The van der Waals surface area contributed by atoms with Gasteiger partial charge in [-0.15, -0.1) is 0 Å². The molecule has 1 aromatic heterocycles. The van der Waals surface area contributed by atoms with E-state index < -0.39 is 15.9 Å². The van der Waals surface area contributed by atoms with Crippen molar-refractivity contribution in [2.75, 3.05) is 28.4 Å². The number of hydrogen-bond acceptors (Lipinski definition) is 8. The first-order valence-electron chi connectivity index (χ1n) is 14.9. The Morgan fingerprint density at radius 2 is 1.74 bits per heavy atom. The highest BCUT2D eigenvalue weighted by Crippen LogP contribution is 2.39. The van der Waals surface area contributed by atoms with E-state index in [2.05, 4.69) is 15.0 Å². The average molecular weight is 663 g/mol. The average Bonchev–Trinajstić information content (AvgIpc) is 3.36. The predicted molar refractivity (Wildman–Crippen MR) is 185 cm³/mol. The molecule has 3 aromatic carbocycles. The van der Waals surface area contributed by atoms with Gasteiger partial charge < -0.3 is 20.5 Å². The lowest BCUT2D eigenvalue weighted by molar-refractivity contribution is -0.682. The fourth-order valence-corrected chi connectivity index (χ4v) is 5.46. The van der Waals surface area contributed by atoms with Gasteiger partial charge >= 0.3 is 0 Å². The van der Waals surface area contributed by atoms with Gasteiger partial charge in [0.2, 0.25) is 10.0 Å². The molecule has 0 radical (unpaired) electrons. The molecule has 0 fully saturated rings. The Labute approximate surface area is 276 Å². The number of sulfonamides is 1. The monoisotopic (exact) mass is 662 g/mol. The third-order valence-electron chi connectivity index (χ3n) is 7.52. The summed E-state index contributed by atoms with van der Waals surface area (Å²) in [4.78, 5) is 16.8. The van der Waals surface area contributed by atoms with Crippen LogP contribution in [0.2, 0.25) is 0 Å². The molecule has 0 aliphatic carbocycles. The largest absolute Gasteiger partial charge is 0.492 e. The molecule has 13 heteroatoms. The van der Waals surface area contributed by atoms with Crippen molar-refractivity contribution >= 4 is 38.7 Å². The Bertz CT molecular complexity index is 1880. The molecule has 0 aliphatic rings. The molecule has 0 unspecified atom stereocenters. The first-order chi connectivity index (χ1) is 22.1. The fraction of sp³-hybridized carbons (Fsp3) is 0.294. The van der Waals surface area contributed by atoms with Gasteiger partial charge in [-0.25, -0.2) is 23.8 Å². The third-order valence-corrected chi connectivity index (χ3v) is 8.11. The minimum absolute atomic E-state index is 0.185. The second kappa shape index (κ2) is 14.3. The van der Waals surface area contributed by atoms with Crippen molar-refractivity contribution in [1.29, 1.82) is 0 Å². The van der Waals surface area contributed by atoms with E-state index in [4.69, 9.17) is 21.1 Å². The number of carbonyl (C=O) groups excluding carboxylic acids is 1. The van der Waals surface area contributed by atoms with Crippen LogP contribution >= 0.6 is 0 Å². The highest BCUT2D eigenvalue weighted by atomic mass is 32.2. The Balaban J connectivity index is 1.56. The molecule has 4 rings (SSSR count). The Kier molecular flexibility index (Phi) is 10.6. The van der Waals surface area contributed by atoms with Crippen molar-refractivity contribution in [3.63, 3.8) is 0 Å². The van der Waals surface area contributed by atoms with Gasteiger partial charge in [-0.05, 0) is 53.3 Å². The zero-order chi connectivity index (χ0) is 34.5. The summed E-state index contributed by atoms with van der Waals surface area (Å²) < 4.78 is 40.0. The van der Waals surface area contributed by atoms with Crippen LogP contribution in [-0.4, -0.2) is 32.7 Å². The Hall–Kier alpha value is -4.85. The van der Waals surface area contributed by atoms with E-state index in [0.29, 0.717) is 41.5 Å². The smallest absolute Gasteiger partial charge is 0.280 e. The van der Waals surface area contributed by atoms with Crippen LogP contribution in [0.3, 0.4) is 0 Å². The quantitative estimate of drug-likeness (QED) is 0.0843. The van der Waals surface area contributed by atoms with Crippen molar-refractivity contribution in [2.45, 2.75) is 46.3 Å². The van der Waals surface area contributed by atoms with E-state index in [9.17, 15) is 13.2 Å². The van der Waals surface area contributed by atoms with Crippen LogP contribution in [-0.2, 0) is 40.4 Å². The maximum atomic E-state index is 13.6. The van der Waals surface area contributed by atoms with Gasteiger partial charge in [0.1, 0.15) is 18.5 Å². The number of benzene rings is 3. The summed E-state index contributed by atoms with van der Waals surface area (Å²) in [6, 6.07) is 18.5. The number of aromatic nitrogens is 2. The van der Waals surface area contributed by atoms with Crippen LogP contribution < -0.4 is 35.9 Å². The lowest BCUT2D eigenvalue weighted by atomic mass is 9.86. The zero-order valence-corrected chi connectivity index (χ0v) is 28.7. The Morgan fingerprint density at radius 3 is 2.38 bits per heavy atom. The number of anilines is 3. The van der Waals surface area contributed by atoms with E-state index >= 15 is 0 Å². The van der Waals surface area contributed by atoms with Gasteiger partial charge in [0.15, 0.2) is 11.4 Å². The van der Waals surface area contributed by atoms with Crippen molar-refractivity contribution in [2.24, 2.45) is 18.6 Å². The number of nitrogens with two attached hydrogens (primary N) is 2. The standard InChI is InChI=1S/C34H43N7O5S/c1-22-13-14-24(33(42)38-27-16-25(34(2,3)4)17-28(32(27)45-6)39-47(7,43)44)15-29(22)41(36)19-26(35)30-18-37-31(40(30)5)21-46-20-23-11-9-8-10-12-23/h8-19,39H,20-21,35-36H2,1-7H3,(H,38,42)/p+1/b26-19-. The maximum Gasteiger partial charge on any atom is 0.280 e. The van der Waals surface area contributed by atoms with Crippen LogP contribution in [0.4, 0.5) is 17.1 Å². The van der Waals surface area contributed by atoms with Gasteiger partial charge in [0.05, 0.1) is 44.1 Å². The summed E-state index contributed by atoms with van der Waals surface area (Å²) in [5, 5.41) is 4.26. The number of rotatable bonds is 12. The number of H-pyrrole nitrogens is 1. The van der Waals surface area contributed by atoms with Crippen LogP contribution in [0.25, 0.3) is 5.70 Å². The molecule has 12 nitrogen and oxygen atoms in total. The number of ether oxygens (including phenoxy) is 2. The van der Waals surface area contributed by atoms with E-state index in [0.717, 1.165) is 28.8 Å². The lowest BCUT2D eigenvalue weighted by Gasteiger charge is -2.24. The van der Waals surface area contributed by atoms with E-state index in [1.165, 1.54) is 12.1 Å². The highest BCUT2D eigenvalue weighted by molar-refractivity contribution is 7.92. The molecule has 1 amide bonds. The molecule has 0 saturated carbocycles. The van der Waals surface area contributed by atoms with E-state index in [1.807, 2.05) is 69.6 Å². The molecule has 250 valence electrons. The first-order valence-corrected chi connectivity index (χ1v) is 16.8. The van der Waals surface area contributed by atoms with Crippen molar-refractivity contribution in [3.05, 3.63) is 107 Å². The molecule has 0 saturated heterocycles. The fourth-order valence-electron chi connectivity index (χ4n) is 4.90. The third kappa shape index (κ3) is 8.91. The number of hydrogen-bond donors (Lipinski definition) is 5. The first kappa shape index (κ1) is 35.0. The zero-order valence-electron chi connectivity index (χ0n) is 27.8. The Morgan fingerprint density at radius 1 is 1.06 bits per heavy atom. The second-order valence-electron chi connectivity index (χ2n) is 12.3. The van der Waals surface area contributed by atoms with Gasteiger partial charge in [-0.1, -0.05) is 57.2 Å². The van der Waals surface area contributed by atoms with Gasteiger partial charge in [0, 0.05) is 11.8 Å². The molecule has 0 bridgehead atoms. The van der Waals surface area contributed by atoms with Crippen LogP contribution in [0.5, 0.6) is 5.75 Å². The number of carbonyl (C=O) groups is 1. The number of nitrogens with one attached hydrogen (secondary N) is 3. The van der Waals surface area contributed by atoms with E-state index in [-0.39, 0.29) is 16.9 Å². The minimum atomic E-state index is -3.62. The van der Waals surface area contributed by atoms with Crippen LogP contribution in [0.15, 0.2) is 73.1 Å². The number of imidazole rings is 1. The van der Waals surface area contributed by atoms with Crippen molar-refractivity contribution < 1.29 is 27.3 Å². The number of nitrogens with zero attached hydrogens (tertiary/aromatic N) is 2. The van der Waals surface area contributed by atoms with Crippen LogP contribution in [0, 0.1) is 6.92 Å². The summed E-state index contributed by atoms with van der Waals surface area (Å²) in [5.41, 5.74) is 11.3. The maximum absolute atomic E-state index is 13.6. The molecule has 47 heavy (non-hydrogen) atoms. The van der Waals surface area contributed by atoms with E-state index in [1.54, 1.807) is 42.7 Å². The number of hydrazine groups is 1. The van der Waals surface area contributed by atoms with Crippen molar-refractivity contribution in [3.8, 4) is 5.75 Å². The summed E-state index contributed by atoms with van der Waals surface area (Å²) >= 11 is 0. The molecular formula is C34H44N7O5S+. The second-order valence-corrected chi connectivity index (χ2v) is 14.1. The van der Waals surface area contributed by atoms with Gasteiger partial charge in [-0.3, -0.25) is 14.5 Å². The van der Waals surface area contributed by atoms with Crippen LogP contribution in [0.1, 0.15) is 59.3 Å². The minimum Gasteiger partial charge on any atom is -0.492 e. The molecule has 1 heterocycles. The summed E-state index contributed by atoms with van der Waals surface area (Å²) in [6.07, 6.45) is 4.42. The molecule has 7 N–H and O–H groups in total. The number of methoxy groups -OCH3 is 1. The lowest BCUT2D eigenvalue weighted by Crippen LogP contribution is -2.37. The number of amides is 1. The highest BCUT2D eigenvalue weighted by Gasteiger charge is 2.23. The van der Waals surface area contributed by atoms with Gasteiger partial charge in [-0.2, -0.15) is 0 Å². The normalized spacial score (nSPS) is 12.1.